The first-order valence-corrected chi connectivity index (χ1v) is 44.9. The van der Waals surface area contributed by atoms with Crippen molar-refractivity contribution < 1.29 is 80.2 Å². The Balaban J connectivity index is 5.09. The van der Waals surface area contributed by atoms with Crippen molar-refractivity contribution in [2.75, 3.05) is 39.6 Å². The van der Waals surface area contributed by atoms with Crippen LogP contribution in [-0.2, 0) is 65.4 Å². The van der Waals surface area contributed by atoms with Gasteiger partial charge in [-0.2, -0.15) is 0 Å². The molecule has 0 aliphatic rings. The minimum Gasteiger partial charge on any atom is -0.462 e. The number of rotatable bonds is 79. The van der Waals surface area contributed by atoms with Gasteiger partial charge < -0.3 is 33.8 Å². The molecule has 0 aromatic carbocycles. The van der Waals surface area contributed by atoms with Crippen LogP contribution in [0.1, 0.15) is 421 Å². The monoisotopic (exact) mass is 1470 g/mol. The Bertz CT molecular complexity index is 1940. The van der Waals surface area contributed by atoms with Crippen molar-refractivity contribution in [2.45, 2.75) is 439 Å². The van der Waals surface area contributed by atoms with Gasteiger partial charge in [0, 0.05) is 25.7 Å². The molecular formula is C81H158O17P2. The SMILES string of the molecule is CCCCCCCC(=O)OC[C@H](COP(=O)(O)OC[C@H](O)COP(=O)(O)OC[C@@H](COC(=O)CCCCCCCCCCCCCCCCCCCCC(C)CC)OC(=O)CCCCCCCCCCCCCCCCCCCCC(C)CC)OC(=O)CCCCCCCCCCC(C)C. The molecule has 0 radical (unpaired) electrons. The molecule has 0 heterocycles. The Hall–Kier alpha value is -1.94. The summed E-state index contributed by atoms with van der Waals surface area (Å²) in [5.74, 6) is 0.337. The van der Waals surface area contributed by atoms with Crippen molar-refractivity contribution in [3.63, 3.8) is 0 Å². The van der Waals surface area contributed by atoms with E-state index in [1.54, 1.807) is 0 Å². The summed E-state index contributed by atoms with van der Waals surface area (Å²) in [6.45, 7) is 11.9. The van der Waals surface area contributed by atoms with E-state index in [0.717, 1.165) is 114 Å². The number of esters is 4. The molecule has 4 unspecified atom stereocenters. The average Bonchev–Trinajstić information content (AvgIpc) is 0.913. The standard InChI is InChI=1S/C81H158O17P2/c1-8-11-12-45-55-62-78(83)91-68-76(97-81(86)65-58-51-44-38-37-39-46-52-59-72(4)5)70-95-99(87,88)93-66-75(82)67-94-100(89,90)96-71-77(98-80(85)64-57-50-43-36-32-28-24-20-16-14-18-22-26-30-34-41-48-54-61-74(7)10-3)69-92-79(84)63-56-49-42-35-31-27-23-19-15-13-17-21-25-29-33-40-47-53-60-73(6)9-2/h72-77,82H,8-71H2,1-7H3,(H,87,88)(H,89,90)/t73?,74?,75-,76+,77+/m0/s1. The van der Waals surface area contributed by atoms with Gasteiger partial charge in [0.2, 0.25) is 0 Å². The minimum absolute atomic E-state index is 0.104. The van der Waals surface area contributed by atoms with E-state index in [1.165, 1.54) is 225 Å². The van der Waals surface area contributed by atoms with Crippen LogP contribution < -0.4 is 0 Å². The van der Waals surface area contributed by atoms with Gasteiger partial charge in [-0.05, 0) is 43.4 Å². The molecule has 3 N–H and O–H groups in total. The lowest BCUT2D eigenvalue weighted by molar-refractivity contribution is -0.161. The summed E-state index contributed by atoms with van der Waals surface area (Å²) in [6.07, 6.45) is 60.3. The number of carbonyl (C=O) groups is 4. The number of aliphatic hydroxyl groups excluding tert-OH is 1. The highest BCUT2D eigenvalue weighted by atomic mass is 31.2. The zero-order chi connectivity index (χ0) is 73.7. The fourth-order valence-electron chi connectivity index (χ4n) is 12.4. The van der Waals surface area contributed by atoms with Crippen LogP contribution in [-0.4, -0.2) is 96.7 Å². The molecule has 17 nitrogen and oxygen atoms in total. The lowest BCUT2D eigenvalue weighted by Gasteiger charge is -2.21. The van der Waals surface area contributed by atoms with Gasteiger partial charge in [-0.3, -0.25) is 37.3 Å². The lowest BCUT2D eigenvalue weighted by atomic mass is 9.99. The number of carbonyl (C=O) groups excluding carboxylic acids is 4. The van der Waals surface area contributed by atoms with E-state index in [4.69, 9.17) is 37.0 Å². The van der Waals surface area contributed by atoms with E-state index in [2.05, 4.69) is 48.5 Å². The van der Waals surface area contributed by atoms with E-state index in [1.807, 2.05) is 0 Å². The predicted octanol–water partition coefficient (Wildman–Crippen LogP) is 24.1. The number of hydrogen-bond acceptors (Lipinski definition) is 15. The first-order valence-electron chi connectivity index (χ1n) is 41.9. The second kappa shape index (κ2) is 71.3. The fourth-order valence-corrected chi connectivity index (χ4v) is 14.0. The van der Waals surface area contributed by atoms with E-state index < -0.39 is 97.5 Å². The quantitative estimate of drug-likeness (QED) is 0.0222. The fraction of sp³-hybridized carbons (Fsp3) is 0.951. The predicted molar refractivity (Wildman–Crippen MR) is 409 cm³/mol. The molecule has 0 saturated heterocycles. The average molecular weight is 1470 g/mol. The second-order valence-corrected chi connectivity index (χ2v) is 33.0. The molecule has 0 fully saturated rings. The molecular weight excluding hydrogens is 1310 g/mol. The topological polar surface area (TPSA) is 237 Å². The van der Waals surface area contributed by atoms with Crippen LogP contribution >= 0.6 is 15.6 Å². The van der Waals surface area contributed by atoms with Gasteiger partial charge in [-0.1, -0.05) is 370 Å². The molecule has 0 aromatic heterocycles. The minimum atomic E-state index is -4.96. The zero-order valence-electron chi connectivity index (χ0n) is 65.7. The maximum Gasteiger partial charge on any atom is 0.472 e. The molecule has 0 saturated carbocycles. The third-order valence-electron chi connectivity index (χ3n) is 19.6. The number of unbranched alkanes of at least 4 members (excludes halogenated alkanes) is 45. The summed E-state index contributed by atoms with van der Waals surface area (Å²) in [5, 5.41) is 10.6. The number of ether oxygens (including phenoxy) is 4. The van der Waals surface area contributed by atoms with Crippen LogP contribution in [0.3, 0.4) is 0 Å². The van der Waals surface area contributed by atoms with Gasteiger partial charge in [0.15, 0.2) is 12.2 Å². The first kappa shape index (κ1) is 98.1. The van der Waals surface area contributed by atoms with E-state index in [9.17, 15) is 43.2 Å². The third kappa shape index (κ3) is 71.7. The first-order chi connectivity index (χ1) is 48.3. The van der Waals surface area contributed by atoms with E-state index >= 15 is 0 Å². The summed E-state index contributed by atoms with van der Waals surface area (Å²) in [4.78, 5) is 72.6. The number of phosphoric ester groups is 2. The Morgan fingerprint density at radius 1 is 0.290 bits per heavy atom. The van der Waals surface area contributed by atoms with Crippen molar-refractivity contribution in [2.24, 2.45) is 17.8 Å². The van der Waals surface area contributed by atoms with E-state index in [-0.39, 0.29) is 25.7 Å². The van der Waals surface area contributed by atoms with Crippen LogP contribution in [0.5, 0.6) is 0 Å². The van der Waals surface area contributed by atoms with Gasteiger partial charge in [0.1, 0.15) is 19.3 Å². The summed E-state index contributed by atoms with van der Waals surface area (Å²) in [5.41, 5.74) is 0. The number of hydrogen-bond donors (Lipinski definition) is 3. The highest BCUT2D eigenvalue weighted by molar-refractivity contribution is 7.47. The summed E-state index contributed by atoms with van der Waals surface area (Å²) >= 11 is 0. The summed E-state index contributed by atoms with van der Waals surface area (Å²) in [7, 11) is -9.91. The highest BCUT2D eigenvalue weighted by Gasteiger charge is 2.30. The van der Waals surface area contributed by atoms with Crippen LogP contribution in [0.25, 0.3) is 0 Å². The molecule has 0 bridgehead atoms. The molecule has 0 aromatic rings. The maximum atomic E-state index is 13.1. The van der Waals surface area contributed by atoms with Crippen LogP contribution in [0.15, 0.2) is 0 Å². The summed E-state index contributed by atoms with van der Waals surface area (Å²) in [6, 6.07) is 0. The smallest absolute Gasteiger partial charge is 0.462 e. The van der Waals surface area contributed by atoms with Crippen molar-refractivity contribution in [1.29, 1.82) is 0 Å². The lowest BCUT2D eigenvalue weighted by Crippen LogP contribution is -2.30. The number of phosphoric acid groups is 2. The molecule has 7 atom stereocenters. The third-order valence-corrected chi connectivity index (χ3v) is 21.5. The van der Waals surface area contributed by atoms with Gasteiger partial charge in [0.05, 0.1) is 26.4 Å². The van der Waals surface area contributed by atoms with Gasteiger partial charge in [-0.15, -0.1) is 0 Å². The van der Waals surface area contributed by atoms with Crippen LogP contribution in [0.2, 0.25) is 0 Å². The number of aliphatic hydroxyl groups is 1. The Kier molecular flexibility index (Phi) is 69.9. The Labute approximate surface area is 613 Å². The Morgan fingerprint density at radius 2 is 0.510 bits per heavy atom. The molecule has 100 heavy (non-hydrogen) atoms. The highest BCUT2D eigenvalue weighted by Crippen LogP contribution is 2.45. The van der Waals surface area contributed by atoms with Crippen LogP contribution in [0, 0.1) is 17.8 Å². The second-order valence-electron chi connectivity index (χ2n) is 30.1. The van der Waals surface area contributed by atoms with Crippen molar-refractivity contribution in [3.8, 4) is 0 Å². The molecule has 0 amide bonds. The van der Waals surface area contributed by atoms with E-state index in [0.29, 0.717) is 25.7 Å². The Morgan fingerprint density at radius 3 is 0.760 bits per heavy atom. The largest absolute Gasteiger partial charge is 0.472 e. The normalized spacial score (nSPS) is 14.5. The van der Waals surface area contributed by atoms with Gasteiger partial charge in [-0.25, -0.2) is 9.13 Å². The molecule has 0 aliphatic carbocycles. The molecule has 0 spiro atoms. The molecule has 0 rings (SSSR count). The molecule has 0 aliphatic heterocycles. The van der Waals surface area contributed by atoms with Crippen molar-refractivity contribution in [3.05, 3.63) is 0 Å². The zero-order valence-corrected chi connectivity index (χ0v) is 67.5. The van der Waals surface area contributed by atoms with Gasteiger partial charge in [0.25, 0.3) is 0 Å². The van der Waals surface area contributed by atoms with Crippen molar-refractivity contribution >= 4 is 39.5 Å². The van der Waals surface area contributed by atoms with Crippen LogP contribution in [0.4, 0.5) is 0 Å². The maximum absolute atomic E-state index is 13.1. The molecule has 19 heteroatoms. The van der Waals surface area contributed by atoms with Crippen molar-refractivity contribution in [1.82, 2.24) is 0 Å². The molecule has 594 valence electrons. The summed E-state index contributed by atoms with van der Waals surface area (Å²) < 4.78 is 68.4. The van der Waals surface area contributed by atoms with Gasteiger partial charge >= 0.3 is 39.5 Å².